The number of terminal acetylenes is 1. The molecule has 0 aromatic carbocycles. The van der Waals surface area contributed by atoms with Crippen LogP contribution in [0.1, 0.15) is 53.1 Å². The summed E-state index contributed by atoms with van der Waals surface area (Å²) in [6, 6.07) is 0. The molecule has 0 saturated carbocycles. The molecular weight excluding hydrogens is 388 g/mol. The third-order valence-corrected chi connectivity index (χ3v) is 5.66. The molecule has 0 bridgehead atoms. The van der Waals surface area contributed by atoms with Crippen LogP contribution < -0.4 is 5.56 Å². The van der Waals surface area contributed by atoms with Crippen LogP contribution >= 0.6 is 0 Å². The smallest absolute Gasteiger partial charge is 0.303 e. The van der Waals surface area contributed by atoms with Gasteiger partial charge in [-0.3, -0.25) is 19.0 Å². The number of rotatable bonds is 6. The number of hydrogen-bond acceptors (Lipinski definition) is 7. The number of esters is 1. The van der Waals surface area contributed by atoms with Gasteiger partial charge in [0, 0.05) is 18.8 Å². The van der Waals surface area contributed by atoms with Crippen LogP contribution in [-0.4, -0.2) is 43.0 Å². The number of nitrogens with one attached hydrogen (secondary N) is 1. The number of imidazole rings is 1. The fraction of sp³-hybridized carbons (Fsp3) is 0.571. The van der Waals surface area contributed by atoms with Gasteiger partial charge in [-0.15, -0.1) is 6.42 Å². The van der Waals surface area contributed by atoms with Gasteiger partial charge < -0.3 is 14.5 Å². The Hall–Kier alpha value is -2.99. The fourth-order valence-electron chi connectivity index (χ4n) is 3.79. The number of H-pyrrole nitrogens is 1. The molecule has 1 fully saturated rings. The van der Waals surface area contributed by atoms with Crippen molar-refractivity contribution in [2.45, 2.75) is 65.4 Å². The summed E-state index contributed by atoms with van der Waals surface area (Å²) in [6.45, 7) is 8.62. The van der Waals surface area contributed by atoms with Crippen molar-refractivity contribution < 1.29 is 19.1 Å². The van der Waals surface area contributed by atoms with E-state index in [1.54, 1.807) is 13.8 Å². The van der Waals surface area contributed by atoms with Gasteiger partial charge in [0.25, 0.3) is 5.56 Å². The predicted octanol–water partition coefficient (Wildman–Crippen LogP) is 1.77. The molecule has 4 atom stereocenters. The molecule has 9 heteroatoms. The van der Waals surface area contributed by atoms with Crippen LogP contribution in [0.4, 0.5) is 0 Å². The zero-order valence-electron chi connectivity index (χ0n) is 17.8. The first kappa shape index (κ1) is 21.7. The summed E-state index contributed by atoms with van der Waals surface area (Å²) in [5.41, 5.74) is -1.07. The van der Waals surface area contributed by atoms with Gasteiger partial charge in [0.2, 0.25) is 0 Å². The second-order valence-corrected chi connectivity index (χ2v) is 7.89. The summed E-state index contributed by atoms with van der Waals surface area (Å²) in [7, 11) is 0. The van der Waals surface area contributed by atoms with Gasteiger partial charge >= 0.3 is 5.97 Å². The first-order chi connectivity index (χ1) is 14.1. The Morgan fingerprint density at radius 2 is 2.17 bits per heavy atom. The lowest BCUT2D eigenvalue weighted by atomic mass is 9.85. The Balaban J connectivity index is 2.07. The zero-order chi connectivity index (χ0) is 22.2. The topological polar surface area (TPSA) is 116 Å². The molecule has 2 aromatic rings. The Kier molecular flexibility index (Phi) is 5.81. The maximum Gasteiger partial charge on any atom is 0.303 e. The molecule has 30 heavy (non-hydrogen) atoms. The third kappa shape index (κ3) is 3.63. The molecule has 3 heterocycles. The molecule has 1 aliphatic heterocycles. The molecule has 1 N–H and O–H groups in total. The minimum absolute atomic E-state index is 0.0127. The average molecular weight is 414 g/mol. The van der Waals surface area contributed by atoms with E-state index in [9.17, 15) is 14.4 Å². The average Bonchev–Trinajstić information content (AvgIpc) is 3.22. The first-order valence-electron chi connectivity index (χ1n) is 9.94. The second kappa shape index (κ2) is 8.03. The van der Waals surface area contributed by atoms with Gasteiger partial charge in [-0.25, -0.2) is 9.97 Å². The number of carbonyl (C=O) groups excluding carboxylic acids is 2. The van der Waals surface area contributed by atoms with Crippen LogP contribution in [0.25, 0.3) is 11.2 Å². The summed E-state index contributed by atoms with van der Waals surface area (Å²) in [5.74, 6) is 1.94. The summed E-state index contributed by atoms with van der Waals surface area (Å²) >= 11 is 0. The molecule has 9 nitrogen and oxygen atoms in total. The fourth-order valence-corrected chi connectivity index (χ4v) is 3.79. The highest BCUT2D eigenvalue weighted by Crippen LogP contribution is 2.45. The number of fused-ring (bicyclic) bond motifs is 1. The number of ketones is 1. The highest BCUT2D eigenvalue weighted by Gasteiger charge is 2.54. The van der Waals surface area contributed by atoms with E-state index in [2.05, 4.69) is 20.9 Å². The van der Waals surface area contributed by atoms with Gasteiger partial charge in [-0.1, -0.05) is 33.6 Å². The highest BCUT2D eigenvalue weighted by atomic mass is 16.6. The number of hydrogen-bond donors (Lipinski definition) is 1. The van der Waals surface area contributed by atoms with Crippen molar-refractivity contribution in [3.05, 3.63) is 22.5 Å². The third-order valence-electron chi connectivity index (χ3n) is 5.66. The van der Waals surface area contributed by atoms with E-state index in [0.717, 1.165) is 0 Å². The summed E-state index contributed by atoms with van der Waals surface area (Å²) in [5, 5.41) is 0. The molecule has 0 spiro atoms. The standard InChI is InChI=1S/C21H26N4O5/c1-7-21(8-2)12(5)17(29-13(6)26)20(30-21)25-10-22-18-16(25)19(28)24-15(23-18)9-14(27)11(3)4/h1,10-12,17,20H,8-9H2,2-6H3,(H,23,24,28)/t12?,17-,20+,21+/m0/s1. The summed E-state index contributed by atoms with van der Waals surface area (Å²) in [4.78, 5) is 47.8. The monoisotopic (exact) mass is 414 g/mol. The van der Waals surface area contributed by atoms with Gasteiger partial charge in [0.1, 0.15) is 23.5 Å². The number of aromatic amines is 1. The van der Waals surface area contributed by atoms with Gasteiger partial charge in [-0.05, 0) is 6.42 Å². The Bertz CT molecular complexity index is 1080. The largest absolute Gasteiger partial charge is 0.457 e. The molecule has 160 valence electrons. The van der Waals surface area contributed by atoms with Gasteiger partial charge in [0.05, 0.1) is 6.42 Å². The van der Waals surface area contributed by atoms with Crippen molar-refractivity contribution in [2.24, 2.45) is 11.8 Å². The van der Waals surface area contributed by atoms with E-state index >= 15 is 0 Å². The SMILES string of the molecule is C#C[C@]1(CC)O[C@@H](n2cnc3nc(CC(=O)C(C)C)[nH]c(=O)c32)[C@@H](OC(C)=O)C1C. The maximum absolute atomic E-state index is 12.8. The van der Waals surface area contributed by atoms with Gasteiger partial charge in [-0.2, -0.15) is 0 Å². The van der Waals surface area contributed by atoms with Crippen molar-refractivity contribution in [2.75, 3.05) is 0 Å². The normalized spacial score (nSPS) is 26.1. The number of nitrogens with zero attached hydrogens (tertiary/aromatic N) is 3. The minimum atomic E-state index is -0.953. The van der Waals surface area contributed by atoms with Crippen LogP contribution in [0.3, 0.4) is 0 Å². The minimum Gasteiger partial charge on any atom is -0.457 e. The lowest BCUT2D eigenvalue weighted by Gasteiger charge is -2.25. The van der Waals surface area contributed by atoms with Crippen LogP contribution in [0, 0.1) is 24.2 Å². The lowest BCUT2D eigenvalue weighted by molar-refractivity contribution is -0.153. The van der Waals surface area contributed by atoms with E-state index < -0.39 is 29.5 Å². The lowest BCUT2D eigenvalue weighted by Crippen LogP contribution is -2.35. The van der Waals surface area contributed by atoms with E-state index in [0.29, 0.717) is 6.42 Å². The number of ether oxygens (including phenoxy) is 2. The van der Waals surface area contributed by atoms with Crippen LogP contribution in [0.2, 0.25) is 0 Å². The van der Waals surface area contributed by atoms with Crippen molar-refractivity contribution in [3.63, 3.8) is 0 Å². The Morgan fingerprint density at radius 1 is 1.47 bits per heavy atom. The summed E-state index contributed by atoms with van der Waals surface area (Å²) in [6.07, 6.45) is 6.14. The number of aromatic nitrogens is 4. The Labute approximate surface area is 174 Å². The number of carbonyl (C=O) groups is 2. The predicted molar refractivity (Wildman–Crippen MR) is 108 cm³/mol. The molecule has 1 aliphatic rings. The van der Waals surface area contributed by atoms with Crippen LogP contribution in [0.15, 0.2) is 11.1 Å². The molecule has 1 saturated heterocycles. The Morgan fingerprint density at radius 3 is 2.73 bits per heavy atom. The second-order valence-electron chi connectivity index (χ2n) is 7.89. The molecule has 0 aliphatic carbocycles. The quantitative estimate of drug-likeness (QED) is 0.565. The molecule has 3 rings (SSSR count). The zero-order valence-corrected chi connectivity index (χ0v) is 17.8. The van der Waals surface area contributed by atoms with Gasteiger partial charge in [0.15, 0.2) is 23.5 Å². The van der Waals surface area contributed by atoms with E-state index in [-0.39, 0.29) is 41.0 Å². The maximum atomic E-state index is 12.8. The van der Waals surface area contributed by atoms with E-state index in [4.69, 9.17) is 15.9 Å². The summed E-state index contributed by atoms with van der Waals surface area (Å²) < 4.78 is 13.2. The highest BCUT2D eigenvalue weighted by molar-refractivity contribution is 5.82. The first-order valence-corrected chi connectivity index (χ1v) is 9.94. The number of Topliss-reactive ketones (excluding diaryl/α,β-unsaturated/α-hetero) is 1. The van der Waals surface area contributed by atoms with Crippen LogP contribution in [0.5, 0.6) is 0 Å². The van der Waals surface area contributed by atoms with Crippen molar-refractivity contribution in [1.29, 1.82) is 0 Å². The molecule has 0 radical (unpaired) electrons. The molecule has 0 amide bonds. The van der Waals surface area contributed by atoms with E-state index in [1.807, 2.05) is 13.8 Å². The van der Waals surface area contributed by atoms with Crippen molar-refractivity contribution >= 4 is 22.9 Å². The van der Waals surface area contributed by atoms with Crippen molar-refractivity contribution in [3.8, 4) is 12.3 Å². The molecule has 2 aromatic heterocycles. The molecule has 1 unspecified atom stereocenters. The molecular formula is C21H26N4O5. The van der Waals surface area contributed by atoms with Crippen molar-refractivity contribution in [1.82, 2.24) is 19.5 Å². The van der Waals surface area contributed by atoms with E-state index in [1.165, 1.54) is 17.8 Å². The van der Waals surface area contributed by atoms with Crippen LogP contribution in [-0.2, 0) is 25.5 Å².